The van der Waals surface area contributed by atoms with Gasteiger partial charge in [0.1, 0.15) is 0 Å². The van der Waals surface area contributed by atoms with E-state index < -0.39 is 43.9 Å². The second-order valence-electron chi connectivity index (χ2n) is 7.52. The molecule has 0 aliphatic carbocycles. The molecule has 0 N–H and O–H groups in total. The van der Waals surface area contributed by atoms with E-state index in [2.05, 4.69) is 64.1 Å². The van der Waals surface area contributed by atoms with Gasteiger partial charge in [-0.3, -0.25) is 0 Å². The van der Waals surface area contributed by atoms with Crippen molar-refractivity contribution in [3.8, 4) is 11.5 Å². The second kappa shape index (κ2) is 14.6. The Balaban J connectivity index is 1.92. The summed E-state index contributed by atoms with van der Waals surface area (Å²) in [5.74, 6) is 2.13. The third-order valence-corrected chi connectivity index (χ3v) is 14.9. The topological polar surface area (TPSA) is 27.7 Å². The fraction of sp³-hybridized carbons (Fsp3) is 0.500. The minimum atomic E-state index is -1.73. The van der Waals surface area contributed by atoms with Crippen LogP contribution in [0.2, 0.25) is 0 Å². The Morgan fingerprint density at radius 1 is 0.586 bits per heavy atom. The van der Waals surface area contributed by atoms with E-state index in [9.17, 15) is 0 Å². The number of aryl methyl sites for hydroxylation is 2. The summed E-state index contributed by atoms with van der Waals surface area (Å²) >= 11 is -3.46. The predicted octanol–water partition coefficient (Wildman–Crippen LogP) is 4.97. The molecule has 160 valence electrons. The molecule has 0 unspecified atom stereocenters. The van der Waals surface area contributed by atoms with Crippen molar-refractivity contribution in [3.63, 3.8) is 0 Å². The van der Waals surface area contributed by atoms with Crippen LogP contribution in [0.5, 0.6) is 11.5 Å². The summed E-state index contributed by atoms with van der Waals surface area (Å²) in [6.45, 7) is 8.94. The molecule has 5 heteroatoms. The van der Waals surface area contributed by atoms with Crippen molar-refractivity contribution in [1.82, 2.24) is 0 Å². The van der Waals surface area contributed by atoms with Gasteiger partial charge >= 0.3 is 201 Å². The van der Waals surface area contributed by atoms with Gasteiger partial charge in [0.15, 0.2) is 0 Å². The average Bonchev–Trinajstić information content (AvgIpc) is 2.72. The fourth-order valence-corrected chi connectivity index (χ4v) is 11.2. The molecule has 2 rings (SSSR count). The van der Waals surface area contributed by atoms with Crippen molar-refractivity contribution in [2.45, 2.75) is 79.1 Å². The molecule has 0 saturated heterocycles. The van der Waals surface area contributed by atoms with Gasteiger partial charge in [-0.15, -0.1) is 0 Å². The molecule has 29 heavy (non-hydrogen) atoms. The first-order valence-corrected chi connectivity index (χ1v) is 17.9. The monoisotopic (exact) mass is 614 g/mol. The van der Waals surface area contributed by atoms with Gasteiger partial charge in [-0.25, -0.2) is 0 Å². The first-order chi connectivity index (χ1) is 14.2. The van der Waals surface area contributed by atoms with E-state index in [-0.39, 0.29) is 0 Å². The first-order valence-electron chi connectivity index (χ1n) is 11.3. The molecule has 0 amide bonds. The van der Waals surface area contributed by atoms with E-state index in [0.29, 0.717) is 0 Å². The summed E-state index contributed by atoms with van der Waals surface area (Å²) in [6, 6.07) is 13.0. The van der Waals surface area contributed by atoms with Crippen LogP contribution >= 0.6 is 0 Å². The molecule has 0 fully saturated rings. The van der Waals surface area contributed by atoms with E-state index in [4.69, 9.17) is 7.56 Å². The number of hydrogen-bond donors (Lipinski definition) is 0. The van der Waals surface area contributed by atoms with Crippen LogP contribution in [0.25, 0.3) is 0 Å². The fourth-order valence-electron chi connectivity index (χ4n) is 3.81. The molecule has 0 bridgehead atoms. The molecule has 0 aromatic heterocycles. The van der Waals surface area contributed by atoms with Crippen molar-refractivity contribution in [2.75, 3.05) is 0 Å². The normalized spacial score (nSPS) is 11.7. The van der Waals surface area contributed by atoms with Crippen molar-refractivity contribution < 1.29 is 7.56 Å². The molecule has 0 aliphatic rings. The van der Waals surface area contributed by atoms with Crippen LogP contribution in [0.1, 0.15) is 75.6 Å². The Hall–Kier alpha value is -0.403. The molecule has 2 aromatic rings. The minimum absolute atomic E-state index is 1.07. The Labute approximate surface area is 199 Å². The van der Waals surface area contributed by atoms with Gasteiger partial charge in [0.05, 0.1) is 0 Å². The molecule has 2 aromatic carbocycles. The van der Waals surface area contributed by atoms with E-state index >= 15 is 0 Å². The van der Waals surface area contributed by atoms with Gasteiger partial charge in [0, 0.05) is 0 Å². The molecule has 0 spiro atoms. The van der Waals surface area contributed by atoms with E-state index in [1.807, 2.05) is 0 Å². The summed E-state index contributed by atoms with van der Waals surface area (Å²) in [5.41, 5.74) is 5.67. The van der Waals surface area contributed by atoms with Gasteiger partial charge in [-0.05, 0) is 0 Å². The Bertz CT molecular complexity index is 673. The standard InChI is InChI=1S/2C12H18O.O.2Sn.4H/c2*1-3-6-10-8-5-9-12(13)11(10)7-4-2;;;;;;;/h2*5,8-9,13H,3-4,6-7H2,1-2H3;;;;;;;/q;;;2*+1;;;;/p-2. The van der Waals surface area contributed by atoms with Crippen LogP contribution in [-0.4, -0.2) is 43.9 Å². The van der Waals surface area contributed by atoms with Crippen molar-refractivity contribution in [2.24, 2.45) is 0 Å². The number of rotatable bonds is 14. The van der Waals surface area contributed by atoms with Crippen LogP contribution in [0.3, 0.4) is 0 Å². The first kappa shape index (κ1) is 24.9. The SMILES string of the molecule is CCCc1cccc([O][SnH2][O][SnH2][O]c2cccc(CCC)c2CCC)c1CCC. The van der Waals surface area contributed by atoms with Crippen molar-refractivity contribution in [3.05, 3.63) is 58.7 Å². The van der Waals surface area contributed by atoms with Gasteiger partial charge in [0.25, 0.3) is 0 Å². The van der Waals surface area contributed by atoms with E-state index in [0.717, 1.165) is 50.0 Å². The summed E-state index contributed by atoms with van der Waals surface area (Å²) in [7, 11) is 0. The average molecular weight is 612 g/mol. The predicted molar refractivity (Wildman–Crippen MR) is 128 cm³/mol. The van der Waals surface area contributed by atoms with E-state index in [1.54, 1.807) is 0 Å². The van der Waals surface area contributed by atoms with E-state index in [1.165, 1.54) is 35.1 Å². The van der Waals surface area contributed by atoms with Crippen molar-refractivity contribution in [1.29, 1.82) is 0 Å². The van der Waals surface area contributed by atoms with Crippen LogP contribution in [0, 0.1) is 0 Å². The van der Waals surface area contributed by atoms with Gasteiger partial charge in [0.2, 0.25) is 0 Å². The zero-order valence-corrected chi connectivity index (χ0v) is 26.8. The van der Waals surface area contributed by atoms with Crippen LogP contribution in [0.4, 0.5) is 0 Å². The van der Waals surface area contributed by atoms with Gasteiger partial charge in [-0.1, -0.05) is 0 Å². The van der Waals surface area contributed by atoms with Gasteiger partial charge < -0.3 is 0 Å². The number of benzene rings is 2. The summed E-state index contributed by atoms with van der Waals surface area (Å²) in [4.78, 5) is 0. The van der Waals surface area contributed by atoms with Gasteiger partial charge in [-0.2, -0.15) is 0 Å². The quantitative estimate of drug-likeness (QED) is 0.223. The van der Waals surface area contributed by atoms with Crippen molar-refractivity contribution >= 4 is 43.9 Å². The molecular formula is C24H38O3Sn2. The van der Waals surface area contributed by atoms with Crippen LogP contribution in [0.15, 0.2) is 36.4 Å². The third kappa shape index (κ3) is 7.98. The molecule has 0 atom stereocenters. The molecular weight excluding hydrogens is 574 g/mol. The Morgan fingerprint density at radius 2 is 1.00 bits per heavy atom. The summed E-state index contributed by atoms with van der Waals surface area (Å²) in [6.07, 6.45) is 9.04. The van der Waals surface area contributed by atoms with Crippen LogP contribution in [-0.2, 0) is 27.1 Å². The second-order valence-corrected chi connectivity index (χ2v) is 19.5. The summed E-state index contributed by atoms with van der Waals surface area (Å²) in [5, 5.41) is 0. The molecule has 0 saturated carbocycles. The maximum absolute atomic E-state index is 6.21. The third-order valence-electron chi connectivity index (χ3n) is 5.09. The molecule has 0 heterocycles. The molecule has 0 aliphatic heterocycles. The Kier molecular flexibility index (Phi) is 12.5. The summed E-state index contributed by atoms with van der Waals surface area (Å²) < 4.78 is 18.5. The zero-order chi connectivity index (χ0) is 20.9. The maximum atomic E-state index is 6.21. The Morgan fingerprint density at radius 3 is 1.38 bits per heavy atom. The zero-order valence-electron chi connectivity index (χ0n) is 18.8. The molecule has 3 nitrogen and oxygen atoms in total. The molecule has 0 radical (unpaired) electrons. The van der Waals surface area contributed by atoms with Crippen LogP contribution < -0.4 is 6.15 Å². The number of hydrogen-bond acceptors (Lipinski definition) is 3.